The molecule has 2 saturated heterocycles. The Bertz CT molecular complexity index is 716. The molecule has 3 rings (SSSR count). The van der Waals surface area contributed by atoms with Gasteiger partial charge in [0.2, 0.25) is 10.0 Å². The summed E-state index contributed by atoms with van der Waals surface area (Å²) < 4.78 is 69.9. The van der Waals surface area contributed by atoms with Crippen molar-refractivity contribution in [3.05, 3.63) is 24.0 Å². The van der Waals surface area contributed by atoms with Crippen molar-refractivity contribution in [2.45, 2.75) is 43.0 Å². The molecule has 1 unspecified atom stereocenters. The van der Waals surface area contributed by atoms with Crippen LogP contribution in [0.4, 0.5) is 13.2 Å². The molecule has 1 aromatic heterocycles. The van der Waals surface area contributed by atoms with Crippen LogP contribution in [0, 0.1) is 0 Å². The Labute approximate surface area is 151 Å². The van der Waals surface area contributed by atoms with Gasteiger partial charge in [-0.05, 0) is 31.9 Å². The van der Waals surface area contributed by atoms with Crippen molar-refractivity contribution >= 4 is 10.0 Å². The molecule has 6 nitrogen and oxygen atoms in total. The van der Waals surface area contributed by atoms with Crippen molar-refractivity contribution in [1.82, 2.24) is 14.2 Å². The zero-order valence-electron chi connectivity index (χ0n) is 14.4. The van der Waals surface area contributed by atoms with Crippen LogP contribution in [0.1, 0.15) is 25.5 Å². The highest BCUT2D eigenvalue weighted by Gasteiger charge is 2.35. The minimum Gasteiger partial charge on any atom is -0.376 e. The molecule has 0 aliphatic carbocycles. The van der Waals surface area contributed by atoms with E-state index in [0.29, 0.717) is 44.6 Å². The summed E-state index contributed by atoms with van der Waals surface area (Å²) in [6.07, 6.45) is -2.24. The number of hydrogen-bond donors (Lipinski definition) is 0. The number of rotatable bonds is 3. The van der Waals surface area contributed by atoms with Crippen LogP contribution in [0.2, 0.25) is 0 Å². The van der Waals surface area contributed by atoms with E-state index in [9.17, 15) is 21.6 Å². The lowest BCUT2D eigenvalue weighted by Gasteiger charge is -2.41. The van der Waals surface area contributed by atoms with Crippen molar-refractivity contribution in [2.75, 3.05) is 32.8 Å². The van der Waals surface area contributed by atoms with Gasteiger partial charge in [0.25, 0.3) is 0 Å². The summed E-state index contributed by atoms with van der Waals surface area (Å²) in [7, 11) is -3.83. The summed E-state index contributed by atoms with van der Waals surface area (Å²) >= 11 is 0. The molecule has 0 saturated carbocycles. The molecule has 146 valence electrons. The summed E-state index contributed by atoms with van der Waals surface area (Å²) in [5.41, 5.74) is -1.10. The fourth-order valence-corrected chi connectivity index (χ4v) is 4.89. The first-order chi connectivity index (χ1) is 12.2. The van der Waals surface area contributed by atoms with Crippen LogP contribution in [0.25, 0.3) is 0 Å². The maximum Gasteiger partial charge on any atom is 0.433 e. The van der Waals surface area contributed by atoms with Gasteiger partial charge in [0, 0.05) is 38.4 Å². The highest BCUT2D eigenvalue weighted by Crippen LogP contribution is 2.29. The number of hydrogen-bond acceptors (Lipinski definition) is 5. The third-order valence-electron chi connectivity index (χ3n) is 4.88. The third-order valence-corrected chi connectivity index (χ3v) is 6.76. The lowest BCUT2D eigenvalue weighted by atomic mass is 10.0. The highest BCUT2D eigenvalue weighted by atomic mass is 32.2. The quantitative estimate of drug-likeness (QED) is 0.786. The highest BCUT2D eigenvalue weighted by molar-refractivity contribution is 7.89. The zero-order chi connectivity index (χ0) is 18.9. The number of nitrogens with zero attached hydrogens (tertiary/aromatic N) is 3. The van der Waals surface area contributed by atoms with Crippen LogP contribution in [-0.4, -0.2) is 67.5 Å². The summed E-state index contributed by atoms with van der Waals surface area (Å²) in [4.78, 5) is 5.38. The maximum atomic E-state index is 12.7. The Morgan fingerprint density at radius 3 is 2.42 bits per heavy atom. The molecule has 0 N–H and O–H groups in total. The minimum absolute atomic E-state index is 0.170. The smallest absolute Gasteiger partial charge is 0.376 e. The Hall–Kier alpha value is -1.23. The van der Waals surface area contributed by atoms with Crippen molar-refractivity contribution in [3.63, 3.8) is 0 Å². The number of morpholine rings is 1. The lowest BCUT2D eigenvalue weighted by molar-refractivity contribution is -0.141. The fourth-order valence-electron chi connectivity index (χ4n) is 3.47. The molecule has 0 aromatic carbocycles. The monoisotopic (exact) mass is 393 g/mol. The molecule has 3 heterocycles. The SMILES string of the molecule is CC1CN(C2CCN(S(=O)(=O)c3ccc(C(F)(F)F)nc3)CC2)CCO1. The summed E-state index contributed by atoms with van der Waals surface area (Å²) in [6.45, 7) is 5.06. The van der Waals surface area contributed by atoms with Crippen molar-refractivity contribution in [3.8, 4) is 0 Å². The van der Waals surface area contributed by atoms with E-state index in [-0.39, 0.29) is 11.0 Å². The second-order valence-corrected chi connectivity index (χ2v) is 8.63. The average molecular weight is 393 g/mol. The van der Waals surface area contributed by atoms with E-state index >= 15 is 0 Å². The normalized spacial score (nSPS) is 24.7. The Morgan fingerprint density at radius 1 is 1.19 bits per heavy atom. The number of sulfonamides is 1. The molecule has 2 aliphatic rings. The second-order valence-electron chi connectivity index (χ2n) is 6.69. The van der Waals surface area contributed by atoms with Crippen molar-refractivity contribution in [2.24, 2.45) is 0 Å². The lowest BCUT2D eigenvalue weighted by Crippen LogP contribution is -2.51. The first-order valence-electron chi connectivity index (χ1n) is 8.57. The Balaban J connectivity index is 1.64. The van der Waals surface area contributed by atoms with E-state index in [1.165, 1.54) is 4.31 Å². The molecule has 2 aliphatic heterocycles. The topological polar surface area (TPSA) is 62.7 Å². The number of halogens is 3. The van der Waals surface area contributed by atoms with Crippen LogP contribution < -0.4 is 0 Å². The molecule has 0 amide bonds. The first kappa shape index (κ1) is 19.5. The van der Waals surface area contributed by atoms with Crippen LogP contribution in [0.3, 0.4) is 0 Å². The molecule has 26 heavy (non-hydrogen) atoms. The van der Waals surface area contributed by atoms with E-state index in [2.05, 4.69) is 9.88 Å². The van der Waals surface area contributed by atoms with E-state index < -0.39 is 21.9 Å². The Kier molecular flexibility index (Phi) is 5.57. The molecule has 0 spiro atoms. The molecule has 0 bridgehead atoms. The van der Waals surface area contributed by atoms with E-state index in [1.807, 2.05) is 6.92 Å². The van der Waals surface area contributed by atoms with E-state index in [1.54, 1.807) is 0 Å². The number of piperidine rings is 1. The van der Waals surface area contributed by atoms with E-state index in [4.69, 9.17) is 4.74 Å². The van der Waals surface area contributed by atoms with Crippen LogP contribution in [0.15, 0.2) is 23.2 Å². The molecular formula is C16H22F3N3O3S. The van der Waals surface area contributed by atoms with Crippen LogP contribution in [-0.2, 0) is 20.9 Å². The molecule has 10 heteroatoms. The molecule has 1 aromatic rings. The summed E-state index contributed by atoms with van der Waals surface area (Å²) in [5.74, 6) is 0. The molecule has 1 atom stereocenters. The van der Waals surface area contributed by atoms with Crippen molar-refractivity contribution in [1.29, 1.82) is 0 Å². The van der Waals surface area contributed by atoms with Gasteiger partial charge in [-0.15, -0.1) is 0 Å². The number of alkyl halides is 3. The van der Waals surface area contributed by atoms with Gasteiger partial charge >= 0.3 is 6.18 Å². The predicted molar refractivity (Wildman–Crippen MR) is 88.0 cm³/mol. The van der Waals surface area contributed by atoms with Gasteiger partial charge in [-0.2, -0.15) is 17.5 Å². The minimum atomic E-state index is -4.59. The van der Waals surface area contributed by atoms with Gasteiger partial charge in [0.05, 0.1) is 12.7 Å². The van der Waals surface area contributed by atoms with Gasteiger partial charge in [-0.1, -0.05) is 0 Å². The predicted octanol–water partition coefficient (Wildman–Crippen LogP) is 1.97. The zero-order valence-corrected chi connectivity index (χ0v) is 15.3. The molecule has 0 radical (unpaired) electrons. The Morgan fingerprint density at radius 2 is 1.88 bits per heavy atom. The van der Waals surface area contributed by atoms with Gasteiger partial charge in [-0.3, -0.25) is 9.88 Å². The number of pyridine rings is 1. The van der Waals surface area contributed by atoms with Gasteiger partial charge in [0.1, 0.15) is 10.6 Å². The summed E-state index contributed by atoms with van der Waals surface area (Å²) in [5, 5.41) is 0. The van der Waals surface area contributed by atoms with Crippen molar-refractivity contribution < 1.29 is 26.3 Å². The largest absolute Gasteiger partial charge is 0.433 e. The maximum absolute atomic E-state index is 12.7. The van der Waals surface area contributed by atoms with E-state index in [0.717, 1.165) is 25.4 Å². The third kappa shape index (κ3) is 4.19. The average Bonchev–Trinajstić information content (AvgIpc) is 2.61. The standard InChI is InChI=1S/C16H22F3N3O3S/c1-12-11-21(8-9-25-12)13-4-6-22(7-5-13)26(23,24)14-2-3-15(20-10-14)16(17,18)19/h2-3,10,12-13H,4-9,11H2,1H3. The fraction of sp³-hybridized carbons (Fsp3) is 0.688. The number of ether oxygens (including phenoxy) is 1. The first-order valence-corrected chi connectivity index (χ1v) is 10.0. The van der Waals surface area contributed by atoms with Gasteiger partial charge in [0.15, 0.2) is 0 Å². The van der Waals surface area contributed by atoms with Crippen LogP contribution >= 0.6 is 0 Å². The van der Waals surface area contributed by atoms with Gasteiger partial charge in [-0.25, -0.2) is 8.42 Å². The van der Waals surface area contributed by atoms with Gasteiger partial charge < -0.3 is 4.74 Å². The summed E-state index contributed by atoms with van der Waals surface area (Å²) in [6, 6.07) is 1.98. The number of aromatic nitrogens is 1. The molecular weight excluding hydrogens is 371 g/mol. The molecule has 2 fully saturated rings. The van der Waals surface area contributed by atoms with Crippen LogP contribution in [0.5, 0.6) is 0 Å². The second kappa shape index (κ2) is 7.41.